The molecule has 0 aliphatic carbocycles. The molecule has 14 heavy (non-hydrogen) atoms. The van der Waals surface area contributed by atoms with Crippen LogP contribution >= 0.6 is 0 Å². The Morgan fingerprint density at radius 1 is 1.64 bits per heavy atom. The Labute approximate surface area is 83.9 Å². The molecule has 0 amide bonds. The summed E-state index contributed by atoms with van der Waals surface area (Å²) in [6.07, 6.45) is 2.95. The van der Waals surface area contributed by atoms with Gasteiger partial charge in [0, 0.05) is 13.6 Å². The van der Waals surface area contributed by atoms with E-state index in [9.17, 15) is 0 Å². The number of nitrogens with two attached hydrogens (primary N) is 1. The van der Waals surface area contributed by atoms with Crippen LogP contribution in [0, 0.1) is 5.92 Å². The van der Waals surface area contributed by atoms with Crippen LogP contribution in [0.2, 0.25) is 0 Å². The molecule has 0 saturated carbocycles. The molecule has 1 aliphatic rings. The number of hydrogen-bond donors (Lipinski definition) is 1. The van der Waals surface area contributed by atoms with Gasteiger partial charge in [-0.3, -0.25) is 9.58 Å². The van der Waals surface area contributed by atoms with E-state index in [2.05, 4.69) is 15.0 Å². The Morgan fingerprint density at radius 3 is 3.07 bits per heavy atom. The van der Waals surface area contributed by atoms with Gasteiger partial charge in [-0.2, -0.15) is 5.10 Å². The predicted octanol–water partition coefficient (Wildman–Crippen LogP) is -0.404. The predicted molar refractivity (Wildman–Crippen MR) is 53.4 cm³/mol. The van der Waals surface area contributed by atoms with Gasteiger partial charge in [-0.05, 0) is 25.4 Å². The first kappa shape index (κ1) is 9.61. The zero-order chi connectivity index (χ0) is 9.97. The van der Waals surface area contributed by atoms with Gasteiger partial charge < -0.3 is 5.73 Å². The lowest BCUT2D eigenvalue weighted by Gasteiger charge is -2.12. The average Bonchev–Trinajstić information content (AvgIpc) is 2.76. The van der Waals surface area contributed by atoms with Gasteiger partial charge >= 0.3 is 0 Å². The minimum atomic E-state index is 0.665. The number of likely N-dealkylation sites (tertiary alicyclic amines) is 1. The fourth-order valence-corrected chi connectivity index (χ4v) is 1.91. The third kappa shape index (κ3) is 2.10. The van der Waals surface area contributed by atoms with Crippen molar-refractivity contribution in [1.82, 2.24) is 19.7 Å². The largest absolute Gasteiger partial charge is 0.330 e. The first-order chi connectivity index (χ1) is 6.78. The van der Waals surface area contributed by atoms with Gasteiger partial charge in [0.1, 0.15) is 6.33 Å². The lowest BCUT2D eigenvalue weighted by Crippen LogP contribution is -2.23. The van der Waals surface area contributed by atoms with Crippen LogP contribution in [0.15, 0.2) is 6.33 Å². The highest BCUT2D eigenvalue weighted by molar-refractivity contribution is 4.85. The summed E-state index contributed by atoms with van der Waals surface area (Å²) in [5, 5.41) is 4.26. The lowest BCUT2D eigenvalue weighted by molar-refractivity contribution is 0.309. The first-order valence-corrected chi connectivity index (χ1v) is 5.05. The van der Waals surface area contributed by atoms with Crippen molar-refractivity contribution in [3.05, 3.63) is 12.2 Å². The van der Waals surface area contributed by atoms with E-state index in [1.165, 1.54) is 6.42 Å². The molecule has 0 spiro atoms. The Morgan fingerprint density at radius 2 is 2.50 bits per heavy atom. The third-order valence-corrected chi connectivity index (χ3v) is 2.72. The topological polar surface area (TPSA) is 60.0 Å². The normalized spacial score (nSPS) is 23.1. The van der Waals surface area contributed by atoms with E-state index in [0.29, 0.717) is 5.92 Å². The second-order valence-electron chi connectivity index (χ2n) is 3.96. The van der Waals surface area contributed by atoms with Gasteiger partial charge in [-0.1, -0.05) is 0 Å². The van der Waals surface area contributed by atoms with Crippen LogP contribution in [0.1, 0.15) is 12.2 Å². The van der Waals surface area contributed by atoms with Crippen LogP contribution in [0.3, 0.4) is 0 Å². The highest BCUT2D eigenvalue weighted by Crippen LogP contribution is 2.15. The molecule has 0 aromatic carbocycles. The van der Waals surface area contributed by atoms with Gasteiger partial charge in [-0.15, -0.1) is 0 Å². The van der Waals surface area contributed by atoms with Crippen molar-refractivity contribution in [1.29, 1.82) is 0 Å². The Kier molecular flexibility index (Phi) is 2.79. The van der Waals surface area contributed by atoms with Crippen LogP contribution in [0.4, 0.5) is 0 Å². The highest BCUT2D eigenvalue weighted by Gasteiger charge is 2.21. The highest BCUT2D eigenvalue weighted by atomic mass is 15.3. The molecule has 1 saturated heterocycles. The molecular formula is C9H17N5. The molecule has 1 atom stereocenters. The second kappa shape index (κ2) is 4.06. The van der Waals surface area contributed by atoms with Gasteiger partial charge in [0.25, 0.3) is 0 Å². The molecule has 1 unspecified atom stereocenters. The number of aromatic nitrogens is 3. The van der Waals surface area contributed by atoms with Crippen LogP contribution in [-0.2, 0) is 13.6 Å². The molecule has 0 radical (unpaired) electrons. The molecule has 2 N–H and O–H groups in total. The number of hydrogen-bond acceptors (Lipinski definition) is 4. The molecule has 1 aliphatic heterocycles. The maximum absolute atomic E-state index is 5.63. The van der Waals surface area contributed by atoms with Crippen molar-refractivity contribution >= 4 is 0 Å². The molecule has 5 heteroatoms. The van der Waals surface area contributed by atoms with E-state index >= 15 is 0 Å². The zero-order valence-corrected chi connectivity index (χ0v) is 8.56. The monoisotopic (exact) mass is 195 g/mol. The van der Waals surface area contributed by atoms with E-state index in [4.69, 9.17) is 5.73 Å². The summed E-state index contributed by atoms with van der Waals surface area (Å²) < 4.78 is 1.74. The lowest BCUT2D eigenvalue weighted by atomic mass is 10.1. The van der Waals surface area contributed by atoms with Gasteiger partial charge in [-0.25, -0.2) is 4.98 Å². The van der Waals surface area contributed by atoms with Crippen LogP contribution in [0.25, 0.3) is 0 Å². The molecule has 0 bridgehead atoms. The fourth-order valence-electron chi connectivity index (χ4n) is 1.91. The van der Waals surface area contributed by atoms with E-state index in [1.807, 2.05) is 7.05 Å². The molecule has 5 nitrogen and oxygen atoms in total. The standard InChI is InChI=1S/C9H17N5/c1-13-7-11-9(12-13)6-14-3-2-8(4-10)5-14/h7-8H,2-6,10H2,1H3. The third-order valence-electron chi connectivity index (χ3n) is 2.72. The van der Waals surface area contributed by atoms with Crippen molar-refractivity contribution in [2.45, 2.75) is 13.0 Å². The quantitative estimate of drug-likeness (QED) is 0.712. The van der Waals surface area contributed by atoms with Gasteiger partial charge in [0.05, 0.1) is 6.54 Å². The smallest absolute Gasteiger partial charge is 0.164 e. The molecule has 78 valence electrons. The molecule has 1 aromatic heterocycles. The minimum Gasteiger partial charge on any atom is -0.330 e. The number of rotatable bonds is 3. The van der Waals surface area contributed by atoms with Gasteiger partial charge in [0.2, 0.25) is 0 Å². The zero-order valence-electron chi connectivity index (χ0n) is 8.56. The number of aryl methyl sites for hydroxylation is 1. The Hall–Kier alpha value is -0.940. The summed E-state index contributed by atoms with van der Waals surface area (Å²) in [6.45, 7) is 3.87. The maximum atomic E-state index is 5.63. The first-order valence-electron chi connectivity index (χ1n) is 5.05. The molecule has 1 fully saturated rings. The minimum absolute atomic E-state index is 0.665. The average molecular weight is 195 g/mol. The summed E-state index contributed by atoms with van der Waals surface area (Å²) >= 11 is 0. The summed E-state index contributed by atoms with van der Waals surface area (Å²) in [5.74, 6) is 1.57. The van der Waals surface area contributed by atoms with E-state index < -0.39 is 0 Å². The van der Waals surface area contributed by atoms with Crippen molar-refractivity contribution in [2.75, 3.05) is 19.6 Å². The summed E-state index contributed by atoms with van der Waals surface area (Å²) in [7, 11) is 1.89. The SMILES string of the molecule is Cn1cnc(CN2CCC(CN)C2)n1. The molecular weight excluding hydrogens is 178 g/mol. The van der Waals surface area contributed by atoms with E-state index in [0.717, 1.165) is 32.0 Å². The molecule has 2 heterocycles. The van der Waals surface area contributed by atoms with Crippen LogP contribution in [0.5, 0.6) is 0 Å². The Balaban J connectivity index is 1.87. The van der Waals surface area contributed by atoms with Crippen molar-refractivity contribution in [3.8, 4) is 0 Å². The maximum Gasteiger partial charge on any atom is 0.164 e. The summed E-state index contributed by atoms with van der Waals surface area (Å²) in [4.78, 5) is 6.58. The summed E-state index contributed by atoms with van der Waals surface area (Å²) in [5.41, 5.74) is 5.63. The molecule has 1 aromatic rings. The van der Waals surface area contributed by atoms with Crippen molar-refractivity contribution in [2.24, 2.45) is 18.7 Å². The second-order valence-corrected chi connectivity index (χ2v) is 3.96. The Bertz CT molecular complexity index is 295. The number of nitrogens with zero attached hydrogens (tertiary/aromatic N) is 4. The van der Waals surface area contributed by atoms with Crippen molar-refractivity contribution in [3.63, 3.8) is 0 Å². The fraction of sp³-hybridized carbons (Fsp3) is 0.778. The van der Waals surface area contributed by atoms with Crippen LogP contribution in [-0.4, -0.2) is 39.3 Å². The van der Waals surface area contributed by atoms with E-state index in [1.54, 1.807) is 11.0 Å². The van der Waals surface area contributed by atoms with E-state index in [-0.39, 0.29) is 0 Å². The van der Waals surface area contributed by atoms with Gasteiger partial charge in [0.15, 0.2) is 5.82 Å². The summed E-state index contributed by atoms with van der Waals surface area (Å²) in [6, 6.07) is 0. The molecule has 2 rings (SSSR count). The van der Waals surface area contributed by atoms with Crippen molar-refractivity contribution < 1.29 is 0 Å². The van der Waals surface area contributed by atoms with Crippen LogP contribution < -0.4 is 5.73 Å².